The van der Waals surface area contributed by atoms with Crippen molar-refractivity contribution in [1.82, 2.24) is 4.98 Å². The van der Waals surface area contributed by atoms with Crippen LogP contribution in [0, 0.1) is 5.92 Å². The quantitative estimate of drug-likeness (QED) is 0.416. The molecule has 2 heterocycles. The van der Waals surface area contributed by atoms with Crippen molar-refractivity contribution in [1.29, 1.82) is 0 Å². The Balaban J connectivity index is 1.78. The van der Waals surface area contributed by atoms with E-state index in [-0.39, 0.29) is 30.4 Å². The number of benzene rings is 1. The largest absolute Gasteiger partial charge is 0.493 e. The van der Waals surface area contributed by atoms with Gasteiger partial charge in [0.25, 0.3) is 0 Å². The number of carboxylic acids is 1. The number of nitrogens with zero attached hydrogens (tertiary/aromatic N) is 1. The monoisotopic (exact) mass is 456 g/mol. The summed E-state index contributed by atoms with van der Waals surface area (Å²) in [5, 5.41) is 14.0. The van der Waals surface area contributed by atoms with Gasteiger partial charge in [-0.3, -0.25) is 4.79 Å². The average Bonchev–Trinajstić information content (AvgIpc) is 3.28. The lowest BCUT2D eigenvalue weighted by Crippen LogP contribution is -2.12. The van der Waals surface area contributed by atoms with Crippen LogP contribution in [0.4, 0.5) is 24.0 Å². The number of hydrogen-bond donors (Lipinski definition) is 2. The summed E-state index contributed by atoms with van der Waals surface area (Å²) in [4.78, 5) is 16.7. The minimum atomic E-state index is -4.55. The standard InChI is InChI=1S/C20H19F3N2O3S2/c1-11(2)9-28-16-5-3-12(7-14(16)20(21,22)23)24-19-25-15(10-29-19)17-6-4-13(30-17)8-18(26)27/h3-7,10-11H,8-9H2,1-2H3,(H,24,25)(H,26,27). The van der Waals surface area contributed by atoms with Crippen LogP contribution in [0.1, 0.15) is 24.3 Å². The van der Waals surface area contributed by atoms with E-state index in [1.807, 2.05) is 13.8 Å². The van der Waals surface area contributed by atoms with Crippen molar-refractivity contribution in [3.63, 3.8) is 0 Å². The second kappa shape index (κ2) is 9.05. The number of halogens is 3. The van der Waals surface area contributed by atoms with Gasteiger partial charge in [0.1, 0.15) is 5.75 Å². The highest BCUT2D eigenvalue weighted by Gasteiger charge is 2.35. The molecule has 30 heavy (non-hydrogen) atoms. The number of nitrogens with one attached hydrogen (secondary N) is 1. The number of rotatable bonds is 8. The van der Waals surface area contributed by atoms with Crippen molar-refractivity contribution < 1.29 is 27.8 Å². The molecule has 0 aliphatic heterocycles. The van der Waals surface area contributed by atoms with Crippen molar-refractivity contribution in [2.24, 2.45) is 5.92 Å². The van der Waals surface area contributed by atoms with E-state index in [9.17, 15) is 18.0 Å². The Morgan fingerprint density at radius 3 is 2.70 bits per heavy atom. The van der Waals surface area contributed by atoms with Crippen LogP contribution in [-0.2, 0) is 17.4 Å². The van der Waals surface area contributed by atoms with Crippen molar-refractivity contribution in [3.8, 4) is 16.3 Å². The fourth-order valence-electron chi connectivity index (χ4n) is 2.54. The molecule has 0 atom stereocenters. The Kier molecular flexibility index (Phi) is 6.67. The highest BCUT2D eigenvalue weighted by Crippen LogP contribution is 2.39. The molecular formula is C20H19F3N2O3S2. The van der Waals surface area contributed by atoms with Crippen LogP contribution in [0.2, 0.25) is 0 Å². The zero-order valence-corrected chi connectivity index (χ0v) is 17.7. The van der Waals surface area contributed by atoms with Gasteiger partial charge >= 0.3 is 12.1 Å². The molecule has 0 fully saturated rings. The molecule has 0 amide bonds. The molecule has 3 aromatic rings. The van der Waals surface area contributed by atoms with Gasteiger partial charge in [0.2, 0.25) is 0 Å². The molecule has 0 aliphatic rings. The van der Waals surface area contributed by atoms with E-state index >= 15 is 0 Å². The Hall–Kier alpha value is -2.59. The van der Waals surface area contributed by atoms with E-state index in [0.717, 1.165) is 10.9 Å². The predicted octanol–water partition coefficient (Wildman–Crippen LogP) is 6.30. The van der Waals surface area contributed by atoms with E-state index < -0.39 is 17.7 Å². The maximum absolute atomic E-state index is 13.4. The number of ether oxygens (including phenoxy) is 1. The van der Waals surface area contributed by atoms with Gasteiger partial charge < -0.3 is 15.2 Å². The second-order valence-corrected chi connectivity index (χ2v) is 8.94. The third-order valence-electron chi connectivity index (χ3n) is 3.85. The van der Waals surface area contributed by atoms with Gasteiger partial charge in [-0.25, -0.2) is 4.98 Å². The van der Waals surface area contributed by atoms with Crippen LogP contribution in [0.3, 0.4) is 0 Å². The first-order valence-corrected chi connectivity index (χ1v) is 10.7. The van der Waals surface area contributed by atoms with Gasteiger partial charge in [-0.15, -0.1) is 22.7 Å². The summed E-state index contributed by atoms with van der Waals surface area (Å²) in [6.07, 6.45) is -4.61. The van der Waals surface area contributed by atoms with Gasteiger partial charge in [0, 0.05) is 15.9 Å². The van der Waals surface area contributed by atoms with E-state index in [1.54, 1.807) is 17.5 Å². The Morgan fingerprint density at radius 1 is 1.27 bits per heavy atom. The van der Waals surface area contributed by atoms with Gasteiger partial charge in [0.15, 0.2) is 5.13 Å². The average molecular weight is 457 g/mol. The normalized spacial score (nSPS) is 11.7. The highest BCUT2D eigenvalue weighted by atomic mass is 32.1. The number of thiophene rings is 1. The Bertz CT molecular complexity index is 1030. The molecule has 3 rings (SSSR count). The molecule has 1 aromatic carbocycles. The smallest absolute Gasteiger partial charge is 0.420 e. The summed E-state index contributed by atoms with van der Waals surface area (Å²) >= 11 is 2.57. The summed E-state index contributed by atoms with van der Waals surface area (Å²) in [6.45, 7) is 3.92. The first kappa shape index (κ1) is 22.1. The van der Waals surface area contributed by atoms with Crippen LogP contribution < -0.4 is 10.1 Å². The number of anilines is 2. The fraction of sp³-hybridized carbons (Fsp3) is 0.300. The van der Waals surface area contributed by atoms with Crippen molar-refractivity contribution >= 4 is 39.5 Å². The number of carboxylic acid groups (broad SMARTS) is 1. The molecule has 0 radical (unpaired) electrons. The summed E-state index contributed by atoms with van der Waals surface area (Å²) in [6, 6.07) is 7.34. The Morgan fingerprint density at radius 2 is 2.03 bits per heavy atom. The molecular weight excluding hydrogens is 437 g/mol. The van der Waals surface area contributed by atoms with E-state index in [0.29, 0.717) is 15.7 Å². The van der Waals surface area contributed by atoms with Gasteiger partial charge in [-0.1, -0.05) is 13.8 Å². The highest BCUT2D eigenvalue weighted by molar-refractivity contribution is 7.17. The van der Waals surface area contributed by atoms with Crippen molar-refractivity contribution in [3.05, 3.63) is 46.2 Å². The molecule has 5 nitrogen and oxygen atoms in total. The molecule has 0 saturated heterocycles. The lowest BCUT2D eigenvalue weighted by Gasteiger charge is -2.16. The number of hydrogen-bond acceptors (Lipinski definition) is 6. The zero-order valence-electron chi connectivity index (χ0n) is 16.1. The molecule has 160 valence electrons. The first-order chi connectivity index (χ1) is 14.1. The van der Waals surface area contributed by atoms with Crippen molar-refractivity contribution in [2.75, 3.05) is 11.9 Å². The topological polar surface area (TPSA) is 71.5 Å². The van der Waals surface area contributed by atoms with E-state index in [4.69, 9.17) is 9.84 Å². The summed E-state index contributed by atoms with van der Waals surface area (Å²) in [7, 11) is 0. The fourth-order valence-corrected chi connectivity index (χ4v) is 4.30. The molecule has 2 N–H and O–H groups in total. The summed E-state index contributed by atoms with van der Waals surface area (Å²) in [5.74, 6) is -1.01. The molecule has 2 aromatic heterocycles. The van der Waals surface area contributed by atoms with Crippen LogP contribution in [0.25, 0.3) is 10.6 Å². The molecule has 0 bridgehead atoms. The third-order valence-corrected chi connectivity index (χ3v) is 5.72. The van der Waals surface area contributed by atoms with E-state index in [2.05, 4.69) is 10.3 Å². The lowest BCUT2D eigenvalue weighted by atomic mass is 10.1. The number of carbonyl (C=O) groups is 1. The molecule has 0 unspecified atom stereocenters. The van der Waals surface area contributed by atoms with Gasteiger partial charge in [-0.05, 0) is 36.2 Å². The maximum Gasteiger partial charge on any atom is 0.420 e. The minimum absolute atomic E-state index is 0.0641. The third kappa shape index (κ3) is 5.73. The molecule has 0 saturated carbocycles. The predicted molar refractivity (Wildman–Crippen MR) is 112 cm³/mol. The molecule has 0 aliphatic carbocycles. The van der Waals surface area contributed by atoms with Crippen LogP contribution in [0.5, 0.6) is 5.75 Å². The zero-order chi connectivity index (χ0) is 21.9. The second-order valence-electron chi connectivity index (χ2n) is 6.91. The number of alkyl halides is 3. The SMILES string of the molecule is CC(C)COc1ccc(Nc2nc(-c3ccc(CC(=O)O)s3)cs2)cc1C(F)(F)F. The Labute approximate surface area is 179 Å². The number of aliphatic carboxylic acids is 1. The van der Waals surface area contributed by atoms with Gasteiger partial charge in [-0.2, -0.15) is 13.2 Å². The van der Waals surface area contributed by atoms with Crippen LogP contribution in [-0.4, -0.2) is 22.7 Å². The summed E-state index contributed by atoms with van der Waals surface area (Å²) in [5.41, 5.74) is 0.0384. The molecule has 0 spiro atoms. The minimum Gasteiger partial charge on any atom is -0.493 e. The van der Waals surface area contributed by atoms with Crippen LogP contribution >= 0.6 is 22.7 Å². The molecule has 10 heteroatoms. The number of aromatic nitrogens is 1. The van der Waals surface area contributed by atoms with Crippen molar-refractivity contribution in [2.45, 2.75) is 26.4 Å². The first-order valence-electron chi connectivity index (χ1n) is 8.99. The van der Waals surface area contributed by atoms with E-state index in [1.165, 1.54) is 34.8 Å². The maximum atomic E-state index is 13.4. The van der Waals surface area contributed by atoms with Crippen LogP contribution in [0.15, 0.2) is 35.7 Å². The number of thiazole rings is 1. The lowest BCUT2D eigenvalue weighted by molar-refractivity contribution is -0.139. The summed E-state index contributed by atoms with van der Waals surface area (Å²) < 4.78 is 45.7. The van der Waals surface area contributed by atoms with Gasteiger partial charge in [0.05, 0.1) is 29.2 Å².